The number of thiazole rings is 1. The summed E-state index contributed by atoms with van der Waals surface area (Å²) in [5.41, 5.74) is 4.98. The minimum Gasteiger partial charge on any atom is -0.294 e. The van der Waals surface area contributed by atoms with Gasteiger partial charge in [-0.2, -0.15) is 0 Å². The lowest BCUT2D eigenvalue weighted by molar-refractivity contribution is 0.0992. The van der Waals surface area contributed by atoms with Gasteiger partial charge in [0, 0.05) is 17.5 Å². The molecule has 0 N–H and O–H groups in total. The number of aromatic nitrogens is 1. The molecule has 25 heavy (non-hydrogen) atoms. The van der Waals surface area contributed by atoms with Gasteiger partial charge in [-0.25, -0.2) is 4.98 Å². The molecule has 0 fully saturated rings. The van der Waals surface area contributed by atoms with Gasteiger partial charge in [0.1, 0.15) is 5.01 Å². The Bertz CT molecular complexity index is 1010. The number of para-hydroxylation sites is 1. The molecule has 4 rings (SSSR count). The highest BCUT2D eigenvalue weighted by molar-refractivity contribution is 7.21. The number of carbonyl (C=O) groups excluding carboxylic acids is 1. The van der Waals surface area contributed by atoms with Crippen LogP contribution in [0.25, 0.3) is 20.8 Å². The second-order valence-corrected chi connectivity index (χ2v) is 7.13. The molecular formula is C22H17NOS. The summed E-state index contributed by atoms with van der Waals surface area (Å²) in [6.45, 7) is 1.98. The number of hydrogen-bond acceptors (Lipinski definition) is 3. The van der Waals surface area contributed by atoms with Crippen molar-refractivity contribution < 1.29 is 4.79 Å². The van der Waals surface area contributed by atoms with Gasteiger partial charge in [-0.3, -0.25) is 4.79 Å². The van der Waals surface area contributed by atoms with Gasteiger partial charge < -0.3 is 0 Å². The molecule has 0 saturated carbocycles. The zero-order valence-electron chi connectivity index (χ0n) is 13.9. The first-order valence-corrected chi connectivity index (χ1v) is 9.06. The molecule has 3 aromatic carbocycles. The minimum atomic E-state index is 0.158. The van der Waals surface area contributed by atoms with Crippen LogP contribution in [-0.4, -0.2) is 10.8 Å². The maximum atomic E-state index is 12.5. The van der Waals surface area contributed by atoms with Crippen molar-refractivity contribution in [2.75, 3.05) is 0 Å². The molecule has 0 spiro atoms. The standard InChI is InChI=1S/C22H17NOS/c1-15-6-2-3-7-18(15)20(24)14-16-10-12-17(13-11-16)22-23-19-8-4-5-9-21(19)25-22/h2-13H,14H2,1H3. The highest BCUT2D eigenvalue weighted by Gasteiger charge is 2.10. The fourth-order valence-electron chi connectivity index (χ4n) is 2.93. The summed E-state index contributed by atoms with van der Waals surface area (Å²) >= 11 is 1.69. The molecule has 1 aromatic heterocycles. The Morgan fingerprint density at radius 1 is 0.920 bits per heavy atom. The molecule has 0 saturated heterocycles. The van der Waals surface area contributed by atoms with Crippen LogP contribution in [0.3, 0.4) is 0 Å². The highest BCUT2D eigenvalue weighted by atomic mass is 32.1. The van der Waals surface area contributed by atoms with Crippen molar-refractivity contribution in [1.82, 2.24) is 4.98 Å². The van der Waals surface area contributed by atoms with Crippen molar-refractivity contribution in [3.05, 3.63) is 89.5 Å². The third-order valence-electron chi connectivity index (χ3n) is 4.30. The van der Waals surface area contributed by atoms with Gasteiger partial charge in [0.15, 0.2) is 5.78 Å². The van der Waals surface area contributed by atoms with Crippen LogP contribution in [0.1, 0.15) is 21.5 Å². The summed E-state index contributed by atoms with van der Waals surface area (Å²) in [5.74, 6) is 0.158. The van der Waals surface area contributed by atoms with E-state index >= 15 is 0 Å². The van der Waals surface area contributed by atoms with Crippen LogP contribution in [0.5, 0.6) is 0 Å². The number of fused-ring (bicyclic) bond motifs is 1. The second-order valence-electron chi connectivity index (χ2n) is 6.10. The minimum absolute atomic E-state index is 0.158. The quantitative estimate of drug-likeness (QED) is 0.445. The lowest BCUT2D eigenvalue weighted by Gasteiger charge is -2.05. The Morgan fingerprint density at radius 3 is 2.40 bits per heavy atom. The molecule has 0 atom stereocenters. The summed E-state index contributed by atoms with van der Waals surface area (Å²) in [7, 11) is 0. The Kier molecular flexibility index (Phi) is 4.16. The van der Waals surface area contributed by atoms with Crippen molar-refractivity contribution in [2.45, 2.75) is 13.3 Å². The molecule has 0 aliphatic heterocycles. The topological polar surface area (TPSA) is 30.0 Å². The number of Topliss-reactive ketones (excluding diaryl/α,β-unsaturated/α-hetero) is 1. The van der Waals surface area contributed by atoms with Crippen LogP contribution in [0.4, 0.5) is 0 Å². The predicted octanol–water partition coefficient (Wildman–Crippen LogP) is 5.70. The van der Waals surface area contributed by atoms with Crippen LogP contribution in [-0.2, 0) is 6.42 Å². The zero-order chi connectivity index (χ0) is 17.2. The van der Waals surface area contributed by atoms with E-state index in [1.54, 1.807) is 11.3 Å². The predicted molar refractivity (Wildman–Crippen MR) is 104 cm³/mol. The van der Waals surface area contributed by atoms with Crippen molar-refractivity contribution >= 4 is 27.3 Å². The first-order valence-electron chi connectivity index (χ1n) is 8.24. The van der Waals surface area contributed by atoms with E-state index in [1.807, 2.05) is 61.5 Å². The molecule has 122 valence electrons. The van der Waals surface area contributed by atoms with Gasteiger partial charge in [0.05, 0.1) is 10.2 Å². The van der Waals surface area contributed by atoms with Crippen molar-refractivity contribution in [2.24, 2.45) is 0 Å². The van der Waals surface area contributed by atoms with Gasteiger partial charge in [-0.1, -0.05) is 60.7 Å². The van der Waals surface area contributed by atoms with E-state index in [1.165, 1.54) is 4.70 Å². The van der Waals surface area contributed by atoms with Gasteiger partial charge >= 0.3 is 0 Å². The van der Waals surface area contributed by atoms with E-state index < -0.39 is 0 Å². The number of benzene rings is 3. The monoisotopic (exact) mass is 343 g/mol. The number of nitrogens with zero attached hydrogens (tertiary/aromatic N) is 1. The number of hydrogen-bond donors (Lipinski definition) is 0. The fourth-order valence-corrected chi connectivity index (χ4v) is 3.90. The van der Waals surface area contributed by atoms with Crippen molar-refractivity contribution in [3.63, 3.8) is 0 Å². The van der Waals surface area contributed by atoms with Crippen LogP contribution in [0.2, 0.25) is 0 Å². The van der Waals surface area contributed by atoms with E-state index in [0.29, 0.717) is 6.42 Å². The molecule has 0 unspecified atom stereocenters. The van der Waals surface area contributed by atoms with Gasteiger partial charge in [-0.15, -0.1) is 11.3 Å². The molecule has 4 aromatic rings. The lowest BCUT2D eigenvalue weighted by Crippen LogP contribution is -2.05. The Hall–Kier alpha value is -2.78. The molecule has 0 aliphatic carbocycles. The van der Waals surface area contributed by atoms with Crippen molar-refractivity contribution in [3.8, 4) is 10.6 Å². The van der Waals surface area contributed by atoms with Crippen LogP contribution < -0.4 is 0 Å². The third-order valence-corrected chi connectivity index (χ3v) is 5.39. The van der Waals surface area contributed by atoms with E-state index in [2.05, 4.69) is 23.2 Å². The number of aryl methyl sites for hydroxylation is 1. The van der Waals surface area contributed by atoms with Crippen LogP contribution in [0.15, 0.2) is 72.8 Å². The maximum absolute atomic E-state index is 12.5. The first-order chi connectivity index (χ1) is 12.2. The van der Waals surface area contributed by atoms with Crippen LogP contribution in [0, 0.1) is 6.92 Å². The van der Waals surface area contributed by atoms with E-state index in [-0.39, 0.29) is 5.78 Å². The second kappa shape index (κ2) is 6.61. The van der Waals surface area contributed by atoms with E-state index in [4.69, 9.17) is 0 Å². The summed E-state index contributed by atoms with van der Waals surface area (Å²) in [6, 6.07) is 24.1. The van der Waals surface area contributed by atoms with Crippen molar-refractivity contribution in [1.29, 1.82) is 0 Å². The number of rotatable bonds is 4. The average Bonchev–Trinajstić information content (AvgIpc) is 3.07. The van der Waals surface area contributed by atoms with E-state index in [0.717, 1.165) is 32.8 Å². The lowest BCUT2D eigenvalue weighted by atomic mass is 9.99. The van der Waals surface area contributed by atoms with E-state index in [9.17, 15) is 4.79 Å². The summed E-state index contributed by atoms with van der Waals surface area (Å²) in [6.07, 6.45) is 0.422. The van der Waals surface area contributed by atoms with Gasteiger partial charge in [0.2, 0.25) is 0 Å². The molecule has 2 nitrogen and oxygen atoms in total. The molecule has 3 heteroatoms. The smallest absolute Gasteiger partial charge is 0.167 e. The average molecular weight is 343 g/mol. The summed E-state index contributed by atoms with van der Waals surface area (Å²) in [4.78, 5) is 17.2. The molecular weight excluding hydrogens is 326 g/mol. The maximum Gasteiger partial charge on any atom is 0.167 e. The Balaban J connectivity index is 1.56. The summed E-state index contributed by atoms with van der Waals surface area (Å²) in [5, 5.41) is 1.01. The first kappa shape index (κ1) is 15.7. The Labute approximate surface area is 150 Å². The molecule has 0 amide bonds. The molecule has 0 bridgehead atoms. The SMILES string of the molecule is Cc1ccccc1C(=O)Cc1ccc(-c2nc3ccccc3s2)cc1. The number of ketones is 1. The van der Waals surface area contributed by atoms with Gasteiger partial charge in [-0.05, 0) is 30.2 Å². The molecule has 0 aliphatic rings. The normalized spacial score (nSPS) is 10.9. The summed E-state index contributed by atoms with van der Waals surface area (Å²) < 4.78 is 1.19. The Morgan fingerprint density at radius 2 is 1.64 bits per heavy atom. The third kappa shape index (κ3) is 3.24. The van der Waals surface area contributed by atoms with Gasteiger partial charge in [0.25, 0.3) is 0 Å². The fraction of sp³-hybridized carbons (Fsp3) is 0.0909. The highest BCUT2D eigenvalue weighted by Crippen LogP contribution is 2.30. The zero-order valence-corrected chi connectivity index (χ0v) is 14.7. The molecule has 1 heterocycles. The largest absolute Gasteiger partial charge is 0.294 e. The van der Waals surface area contributed by atoms with Crippen LogP contribution >= 0.6 is 11.3 Å². The number of carbonyl (C=O) groups is 1. The molecule has 0 radical (unpaired) electrons.